The second-order valence-electron chi connectivity index (χ2n) is 3.82. The van der Waals surface area contributed by atoms with Crippen molar-refractivity contribution < 1.29 is 23.4 Å². The van der Waals surface area contributed by atoms with Gasteiger partial charge in [-0.3, -0.25) is 0 Å². The minimum atomic E-state index is -1.42. The molecule has 104 valence electrons. The molecule has 0 saturated heterocycles. The Morgan fingerprint density at radius 3 is 2.45 bits per heavy atom. The summed E-state index contributed by atoms with van der Waals surface area (Å²) in [5.41, 5.74) is 4.39. The molecule has 0 aliphatic carbocycles. The Morgan fingerprint density at radius 2 is 1.85 bits per heavy atom. The van der Waals surface area contributed by atoms with Crippen LogP contribution in [0.15, 0.2) is 34.8 Å². The summed E-state index contributed by atoms with van der Waals surface area (Å²) in [6, 6.07) is 5.75. The van der Waals surface area contributed by atoms with E-state index in [1.165, 1.54) is 6.07 Å². The predicted molar refractivity (Wildman–Crippen MR) is 71.9 cm³/mol. The van der Waals surface area contributed by atoms with Crippen LogP contribution in [0.4, 0.5) is 14.5 Å². The number of aromatic carboxylic acids is 1. The lowest BCUT2D eigenvalue weighted by atomic mass is 10.1. The topological polar surface area (TPSA) is 72.5 Å². The molecule has 0 aliphatic rings. The number of anilines is 1. The zero-order valence-corrected chi connectivity index (χ0v) is 11.4. The van der Waals surface area contributed by atoms with E-state index < -0.39 is 28.9 Å². The number of ether oxygens (including phenoxy) is 1. The summed E-state index contributed by atoms with van der Waals surface area (Å²) in [5, 5.41) is 9.06. The van der Waals surface area contributed by atoms with Gasteiger partial charge in [-0.1, -0.05) is 0 Å². The van der Waals surface area contributed by atoms with Gasteiger partial charge in [0.1, 0.15) is 28.7 Å². The third kappa shape index (κ3) is 2.72. The number of benzene rings is 2. The Labute approximate surface area is 120 Å². The van der Waals surface area contributed by atoms with Crippen LogP contribution in [0, 0.1) is 11.6 Å². The lowest BCUT2D eigenvalue weighted by molar-refractivity contribution is 0.0695. The standard InChI is InChI=1S/C13H8BrF2NO3/c14-7-5-6(15)1-3-9(7)20-10-4-2-8(16)12(17)11(10)13(18)19/h1-5H,17H2,(H,18,19). The zero-order chi connectivity index (χ0) is 14.9. The van der Waals surface area contributed by atoms with Crippen molar-refractivity contribution in [2.75, 3.05) is 5.73 Å². The summed E-state index contributed by atoms with van der Waals surface area (Å²) in [6.07, 6.45) is 0. The summed E-state index contributed by atoms with van der Waals surface area (Å²) in [6.45, 7) is 0. The number of carboxylic acids is 1. The number of nitrogens with two attached hydrogens (primary N) is 1. The molecule has 0 amide bonds. The molecular weight excluding hydrogens is 336 g/mol. The van der Waals surface area contributed by atoms with Gasteiger partial charge in [-0.2, -0.15) is 0 Å². The van der Waals surface area contributed by atoms with Gasteiger partial charge in [0.25, 0.3) is 0 Å². The first-order valence-corrected chi connectivity index (χ1v) is 6.13. The minimum absolute atomic E-state index is 0.135. The van der Waals surface area contributed by atoms with Gasteiger partial charge in [0.15, 0.2) is 0 Å². The highest BCUT2D eigenvalue weighted by atomic mass is 79.9. The quantitative estimate of drug-likeness (QED) is 0.831. The van der Waals surface area contributed by atoms with E-state index >= 15 is 0 Å². The van der Waals surface area contributed by atoms with Gasteiger partial charge in [-0.25, -0.2) is 13.6 Å². The molecule has 2 rings (SSSR count). The SMILES string of the molecule is Nc1c(F)ccc(Oc2ccc(F)cc2Br)c1C(=O)O. The molecule has 0 aromatic heterocycles. The molecule has 0 heterocycles. The number of hydrogen-bond donors (Lipinski definition) is 2. The van der Waals surface area contributed by atoms with E-state index in [9.17, 15) is 13.6 Å². The van der Waals surface area contributed by atoms with E-state index in [1.807, 2.05) is 0 Å². The second kappa shape index (κ2) is 5.46. The Balaban J connectivity index is 2.48. The molecule has 7 heteroatoms. The number of carboxylic acid groups (broad SMARTS) is 1. The van der Waals surface area contributed by atoms with E-state index in [-0.39, 0.29) is 16.0 Å². The van der Waals surface area contributed by atoms with E-state index in [0.717, 1.165) is 24.3 Å². The monoisotopic (exact) mass is 343 g/mol. The molecule has 0 fully saturated rings. The molecular formula is C13H8BrF2NO3. The fourth-order valence-electron chi connectivity index (χ4n) is 1.56. The lowest BCUT2D eigenvalue weighted by Gasteiger charge is -2.12. The maximum Gasteiger partial charge on any atom is 0.341 e. The summed E-state index contributed by atoms with van der Waals surface area (Å²) < 4.78 is 31.9. The molecule has 0 spiro atoms. The van der Waals surface area contributed by atoms with Crippen LogP contribution >= 0.6 is 15.9 Å². The van der Waals surface area contributed by atoms with Crippen molar-refractivity contribution in [2.45, 2.75) is 0 Å². The van der Waals surface area contributed by atoms with Crippen molar-refractivity contribution >= 4 is 27.6 Å². The van der Waals surface area contributed by atoms with Crippen LogP contribution in [-0.2, 0) is 0 Å². The fourth-order valence-corrected chi connectivity index (χ4v) is 1.99. The molecule has 20 heavy (non-hydrogen) atoms. The Bertz CT molecular complexity index is 692. The van der Waals surface area contributed by atoms with Gasteiger partial charge in [-0.05, 0) is 46.3 Å². The molecule has 0 aliphatic heterocycles. The van der Waals surface area contributed by atoms with E-state index in [0.29, 0.717) is 0 Å². The molecule has 2 aromatic carbocycles. The van der Waals surface area contributed by atoms with E-state index in [4.69, 9.17) is 15.6 Å². The number of halogens is 3. The van der Waals surface area contributed by atoms with Gasteiger partial charge < -0.3 is 15.6 Å². The van der Waals surface area contributed by atoms with Crippen molar-refractivity contribution in [3.63, 3.8) is 0 Å². The minimum Gasteiger partial charge on any atom is -0.477 e. The molecule has 3 N–H and O–H groups in total. The van der Waals surface area contributed by atoms with Crippen molar-refractivity contribution in [3.05, 3.63) is 52.0 Å². The smallest absolute Gasteiger partial charge is 0.341 e. The second-order valence-corrected chi connectivity index (χ2v) is 4.67. The molecule has 4 nitrogen and oxygen atoms in total. The number of carbonyl (C=O) groups is 1. The summed E-state index contributed by atoms with van der Waals surface area (Å²) in [5.74, 6) is -2.71. The predicted octanol–water partition coefficient (Wildman–Crippen LogP) is 3.80. The molecule has 0 atom stereocenters. The Kier molecular flexibility index (Phi) is 3.89. The largest absolute Gasteiger partial charge is 0.477 e. The van der Waals surface area contributed by atoms with Crippen LogP contribution in [0.2, 0.25) is 0 Å². The molecule has 0 bridgehead atoms. The molecule has 0 saturated carbocycles. The Hall–Kier alpha value is -2.15. The lowest BCUT2D eigenvalue weighted by Crippen LogP contribution is -2.07. The summed E-state index contributed by atoms with van der Waals surface area (Å²) in [7, 11) is 0. The summed E-state index contributed by atoms with van der Waals surface area (Å²) >= 11 is 3.08. The first-order valence-electron chi connectivity index (χ1n) is 5.34. The van der Waals surface area contributed by atoms with E-state index in [1.54, 1.807) is 0 Å². The van der Waals surface area contributed by atoms with E-state index in [2.05, 4.69) is 15.9 Å². The van der Waals surface area contributed by atoms with Gasteiger partial charge in [-0.15, -0.1) is 0 Å². The fraction of sp³-hybridized carbons (Fsp3) is 0. The van der Waals surface area contributed by atoms with Crippen LogP contribution in [-0.4, -0.2) is 11.1 Å². The van der Waals surface area contributed by atoms with Crippen LogP contribution in [0.3, 0.4) is 0 Å². The summed E-state index contributed by atoms with van der Waals surface area (Å²) in [4.78, 5) is 11.1. The van der Waals surface area contributed by atoms with Crippen molar-refractivity contribution in [2.24, 2.45) is 0 Å². The first-order chi connectivity index (χ1) is 9.40. The third-order valence-corrected chi connectivity index (χ3v) is 3.10. The van der Waals surface area contributed by atoms with Gasteiger partial charge >= 0.3 is 5.97 Å². The maximum absolute atomic E-state index is 13.3. The highest BCUT2D eigenvalue weighted by Crippen LogP contribution is 2.34. The first kappa shape index (κ1) is 14.3. The van der Waals surface area contributed by atoms with Crippen molar-refractivity contribution in [1.29, 1.82) is 0 Å². The van der Waals surface area contributed by atoms with Crippen LogP contribution in [0.1, 0.15) is 10.4 Å². The molecule has 0 unspecified atom stereocenters. The van der Waals surface area contributed by atoms with Gasteiger partial charge in [0.05, 0.1) is 10.2 Å². The van der Waals surface area contributed by atoms with Crippen LogP contribution in [0.25, 0.3) is 0 Å². The van der Waals surface area contributed by atoms with Crippen molar-refractivity contribution in [3.8, 4) is 11.5 Å². The van der Waals surface area contributed by atoms with Gasteiger partial charge in [0.2, 0.25) is 0 Å². The highest BCUT2D eigenvalue weighted by molar-refractivity contribution is 9.10. The average Bonchev–Trinajstić information content (AvgIpc) is 2.36. The van der Waals surface area contributed by atoms with Crippen molar-refractivity contribution in [1.82, 2.24) is 0 Å². The van der Waals surface area contributed by atoms with Crippen LogP contribution < -0.4 is 10.5 Å². The maximum atomic E-state index is 13.3. The molecule has 2 aromatic rings. The number of hydrogen-bond acceptors (Lipinski definition) is 3. The normalized spacial score (nSPS) is 10.3. The Morgan fingerprint density at radius 1 is 1.20 bits per heavy atom. The van der Waals surface area contributed by atoms with Crippen LogP contribution in [0.5, 0.6) is 11.5 Å². The third-order valence-electron chi connectivity index (χ3n) is 2.48. The average molecular weight is 344 g/mol. The highest BCUT2D eigenvalue weighted by Gasteiger charge is 2.19. The number of nitrogen functional groups attached to an aromatic ring is 1. The number of rotatable bonds is 3. The van der Waals surface area contributed by atoms with Gasteiger partial charge in [0, 0.05) is 0 Å². The zero-order valence-electron chi connectivity index (χ0n) is 9.86. The molecule has 0 radical (unpaired) electrons.